The number of benzene rings is 1. The summed E-state index contributed by atoms with van der Waals surface area (Å²) >= 11 is 12.2. The van der Waals surface area contributed by atoms with E-state index in [9.17, 15) is 0 Å². The minimum Gasteiger partial charge on any atom is -0.298 e. The van der Waals surface area contributed by atoms with E-state index in [1.165, 1.54) is 31.5 Å². The normalized spacial score (nSPS) is 28.6. The van der Waals surface area contributed by atoms with Gasteiger partial charge < -0.3 is 0 Å². The molecule has 2 aliphatic rings. The van der Waals surface area contributed by atoms with Gasteiger partial charge in [-0.15, -0.1) is 0 Å². The molecule has 2 saturated heterocycles. The molecule has 0 bridgehead atoms. The first kappa shape index (κ1) is 13.7. The van der Waals surface area contributed by atoms with Crippen molar-refractivity contribution in [2.75, 3.05) is 19.6 Å². The van der Waals surface area contributed by atoms with Gasteiger partial charge in [0.05, 0.1) is 0 Å². The van der Waals surface area contributed by atoms with Crippen molar-refractivity contribution in [3.8, 4) is 0 Å². The first-order valence-electron chi connectivity index (χ1n) is 7.07. The van der Waals surface area contributed by atoms with Crippen molar-refractivity contribution in [3.63, 3.8) is 0 Å². The summed E-state index contributed by atoms with van der Waals surface area (Å²) < 4.78 is 0. The summed E-state index contributed by atoms with van der Waals surface area (Å²) in [5, 5.41) is 1.50. The smallest absolute Gasteiger partial charge is 0.0465 e. The Bertz CT molecular complexity index is 463. The maximum atomic E-state index is 6.29. The fourth-order valence-corrected chi connectivity index (χ4v) is 3.94. The van der Waals surface area contributed by atoms with Crippen molar-refractivity contribution in [2.24, 2.45) is 0 Å². The van der Waals surface area contributed by atoms with Crippen LogP contribution in [0.1, 0.15) is 25.3 Å². The van der Waals surface area contributed by atoms with Crippen LogP contribution >= 0.6 is 23.2 Å². The van der Waals surface area contributed by atoms with E-state index in [2.05, 4.69) is 22.8 Å². The van der Waals surface area contributed by atoms with Crippen molar-refractivity contribution < 1.29 is 0 Å². The first-order chi connectivity index (χ1) is 9.15. The molecular weight excluding hydrogens is 279 g/mol. The molecule has 0 spiro atoms. The third-order valence-corrected chi connectivity index (χ3v) is 5.20. The second kappa shape index (κ2) is 5.61. The summed E-state index contributed by atoms with van der Waals surface area (Å²) in [6.45, 7) is 6.90. The van der Waals surface area contributed by atoms with E-state index >= 15 is 0 Å². The zero-order chi connectivity index (χ0) is 13.4. The molecule has 19 heavy (non-hydrogen) atoms. The van der Waals surface area contributed by atoms with Gasteiger partial charge >= 0.3 is 0 Å². The largest absolute Gasteiger partial charge is 0.298 e. The highest BCUT2D eigenvalue weighted by atomic mass is 35.5. The van der Waals surface area contributed by atoms with Crippen molar-refractivity contribution in [1.29, 1.82) is 0 Å². The Morgan fingerprint density at radius 2 is 2.05 bits per heavy atom. The molecule has 3 rings (SSSR count). The second-order valence-corrected chi connectivity index (χ2v) is 6.54. The number of piperazine rings is 1. The molecule has 2 fully saturated rings. The molecule has 1 aromatic carbocycles. The highest BCUT2D eigenvalue weighted by molar-refractivity contribution is 6.35. The fourth-order valence-electron chi connectivity index (χ4n) is 3.47. The zero-order valence-corrected chi connectivity index (χ0v) is 12.8. The Kier molecular flexibility index (Phi) is 4.04. The van der Waals surface area contributed by atoms with E-state index in [1.54, 1.807) is 0 Å². The topological polar surface area (TPSA) is 6.48 Å². The molecule has 0 unspecified atom stereocenters. The first-order valence-corrected chi connectivity index (χ1v) is 7.83. The van der Waals surface area contributed by atoms with Gasteiger partial charge in [-0.1, -0.05) is 29.3 Å². The zero-order valence-electron chi connectivity index (χ0n) is 11.3. The Balaban J connectivity index is 1.72. The van der Waals surface area contributed by atoms with Crippen LogP contribution in [0.25, 0.3) is 0 Å². The van der Waals surface area contributed by atoms with E-state index in [4.69, 9.17) is 23.2 Å². The van der Waals surface area contributed by atoms with Gasteiger partial charge in [-0.25, -0.2) is 0 Å². The molecule has 0 N–H and O–H groups in total. The molecule has 0 aliphatic carbocycles. The molecule has 2 nitrogen and oxygen atoms in total. The Morgan fingerprint density at radius 3 is 2.84 bits per heavy atom. The maximum Gasteiger partial charge on any atom is 0.0465 e. The molecule has 4 heteroatoms. The van der Waals surface area contributed by atoms with Gasteiger partial charge in [0.2, 0.25) is 0 Å². The molecule has 2 atom stereocenters. The molecule has 0 amide bonds. The van der Waals surface area contributed by atoms with Crippen LogP contribution in [0.15, 0.2) is 18.2 Å². The molecule has 0 radical (unpaired) electrons. The van der Waals surface area contributed by atoms with Gasteiger partial charge in [0.15, 0.2) is 0 Å². The van der Waals surface area contributed by atoms with Crippen LogP contribution in [-0.4, -0.2) is 41.5 Å². The number of fused-ring (bicyclic) bond motifs is 1. The quantitative estimate of drug-likeness (QED) is 0.822. The molecule has 0 aromatic heterocycles. The van der Waals surface area contributed by atoms with E-state index in [1.807, 2.05) is 12.1 Å². The summed E-state index contributed by atoms with van der Waals surface area (Å²) in [4.78, 5) is 5.20. The number of hydrogen-bond acceptors (Lipinski definition) is 2. The lowest BCUT2D eigenvalue weighted by atomic mass is 10.0. The lowest BCUT2D eigenvalue weighted by Gasteiger charge is -2.43. The number of nitrogens with zero attached hydrogens (tertiary/aromatic N) is 2. The third-order valence-electron chi connectivity index (χ3n) is 4.61. The average molecular weight is 299 g/mol. The predicted molar refractivity (Wildman–Crippen MR) is 80.9 cm³/mol. The summed E-state index contributed by atoms with van der Waals surface area (Å²) in [6.07, 6.45) is 2.69. The SMILES string of the molecule is C[C@@H]1[C@@H]2CCCN2CCN1Cc1ccc(Cl)cc1Cl. The molecular formula is C15H20Cl2N2. The lowest BCUT2D eigenvalue weighted by molar-refractivity contribution is 0.0470. The second-order valence-electron chi connectivity index (χ2n) is 5.69. The summed E-state index contributed by atoms with van der Waals surface area (Å²) in [5.74, 6) is 0. The lowest BCUT2D eigenvalue weighted by Crippen LogP contribution is -2.55. The molecule has 2 aliphatic heterocycles. The maximum absolute atomic E-state index is 6.29. The van der Waals surface area contributed by atoms with Gasteiger partial charge in [0.1, 0.15) is 0 Å². The van der Waals surface area contributed by atoms with Crippen molar-refractivity contribution in [1.82, 2.24) is 9.80 Å². The summed E-state index contributed by atoms with van der Waals surface area (Å²) in [6, 6.07) is 7.18. The van der Waals surface area contributed by atoms with Crippen LogP contribution in [0, 0.1) is 0 Å². The highest BCUT2D eigenvalue weighted by Crippen LogP contribution is 2.29. The summed E-state index contributed by atoms with van der Waals surface area (Å²) in [5.41, 5.74) is 1.18. The van der Waals surface area contributed by atoms with E-state index < -0.39 is 0 Å². The highest BCUT2D eigenvalue weighted by Gasteiger charge is 2.36. The van der Waals surface area contributed by atoms with Crippen LogP contribution in [0.4, 0.5) is 0 Å². The van der Waals surface area contributed by atoms with E-state index in [0.29, 0.717) is 11.1 Å². The van der Waals surface area contributed by atoms with Crippen LogP contribution < -0.4 is 0 Å². The van der Waals surface area contributed by atoms with Crippen molar-refractivity contribution in [3.05, 3.63) is 33.8 Å². The van der Waals surface area contributed by atoms with Crippen LogP contribution in [0.2, 0.25) is 10.0 Å². The number of hydrogen-bond donors (Lipinski definition) is 0. The van der Waals surface area contributed by atoms with Crippen LogP contribution in [0.5, 0.6) is 0 Å². The van der Waals surface area contributed by atoms with E-state index in [-0.39, 0.29) is 0 Å². The minimum atomic E-state index is 0.614. The van der Waals surface area contributed by atoms with Gasteiger partial charge in [-0.2, -0.15) is 0 Å². The van der Waals surface area contributed by atoms with Crippen molar-refractivity contribution in [2.45, 2.75) is 38.4 Å². The Morgan fingerprint density at radius 1 is 1.21 bits per heavy atom. The standard InChI is InChI=1S/C15H20Cl2N2/c1-11-15-3-2-6-18(15)7-8-19(11)10-12-4-5-13(16)9-14(12)17/h4-5,9,11,15H,2-3,6-8,10H2,1H3/t11-,15+/m1/s1. The van der Waals surface area contributed by atoms with Gasteiger partial charge in [-0.3, -0.25) is 9.80 Å². The van der Waals surface area contributed by atoms with Gasteiger partial charge in [0.25, 0.3) is 0 Å². The van der Waals surface area contributed by atoms with E-state index in [0.717, 1.165) is 24.2 Å². The molecule has 1 aromatic rings. The number of halogens is 2. The third kappa shape index (κ3) is 2.78. The molecule has 2 heterocycles. The van der Waals surface area contributed by atoms with Gasteiger partial charge in [-0.05, 0) is 44.0 Å². The minimum absolute atomic E-state index is 0.614. The average Bonchev–Trinajstić information content (AvgIpc) is 2.85. The number of rotatable bonds is 2. The monoisotopic (exact) mass is 298 g/mol. The molecule has 104 valence electrons. The molecule has 0 saturated carbocycles. The van der Waals surface area contributed by atoms with Crippen LogP contribution in [-0.2, 0) is 6.54 Å². The van der Waals surface area contributed by atoms with Crippen LogP contribution in [0.3, 0.4) is 0 Å². The predicted octanol–water partition coefficient (Wildman–Crippen LogP) is 3.66. The Labute approximate surface area is 125 Å². The fraction of sp³-hybridized carbons (Fsp3) is 0.600. The van der Waals surface area contributed by atoms with Crippen molar-refractivity contribution >= 4 is 23.2 Å². The van der Waals surface area contributed by atoms with Gasteiger partial charge in [0, 0.05) is 41.8 Å². The summed E-state index contributed by atoms with van der Waals surface area (Å²) in [7, 11) is 0. The Hall–Kier alpha value is -0.280.